The molecule has 0 aliphatic carbocycles. The number of hydrogen-bond donors (Lipinski definition) is 0. The van der Waals surface area contributed by atoms with Crippen LogP contribution in [0.3, 0.4) is 0 Å². The molecule has 0 N–H and O–H groups in total. The summed E-state index contributed by atoms with van der Waals surface area (Å²) < 4.78 is 5.45. The van der Waals surface area contributed by atoms with E-state index in [0.29, 0.717) is 20.3 Å². The van der Waals surface area contributed by atoms with Gasteiger partial charge < -0.3 is 4.42 Å². The summed E-state index contributed by atoms with van der Waals surface area (Å²) in [6.45, 7) is 0. The molecule has 88 valence electrons. The summed E-state index contributed by atoms with van der Waals surface area (Å²) in [6, 6.07) is 6.70. The second kappa shape index (κ2) is 5.25. The van der Waals surface area contributed by atoms with Crippen LogP contribution in [-0.2, 0) is 6.42 Å². The molecule has 1 aromatic carbocycles. The zero-order chi connectivity index (χ0) is 12.4. The highest BCUT2D eigenvalue weighted by molar-refractivity contribution is 9.10. The van der Waals surface area contributed by atoms with Gasteiger partial charge in [0.2, 0.25) is 0 Å². The molecule has 0 fully saturated rings. The molecular formula is C12H7BrCl2O2. The first-order chi connectivity index (χ1) is 8.08. The monoisotopic (exact) mass is 332 g/mol. The van der Waals surface area contributed by atoms with Gasteiger partial charge in [-0.05, 0) is 39.7 Å². The molecule has 0 spiro atoms. The zero-order valence-corrected chi connectivity index (χ0v) is 11.6. The second-order valence-electron chi connectivity index (χ2n) is 3.44. The maximum atomic E-state index is 12.0. The summed E-state index contributed by atoms with van der Waals surface area (Å²) in [5.74, 6) is -0.0603. The summed E-state index contributed by atoms with van der Waals surface area (Å²) in [7, 11) is 0. The summed E-state index contributed by atoms with van der Waals surface area (Å²) in [5, 5.41) is 1.04. The Bertz CT molecular complexity index is 563. The van der Waals surface area contributed by atoms with Gasteiger partial charge in [-0.25, -0.2) is 0 Å². The number of benzene rings is 1. The molecule has 0 atom stereocenters. The van der Waals surface area contributed by atoms with Gasteiger partial charge in [-0.2, -0.15) is 0 Å². The third-order valence-corrected chi connectivity index (χ3v) is 3.49. The van der Waals surface area contributed by atoms with E-state index in [0.717, 1.165) is 5.56 Å². The van der Waals surface area contributed by atoms with Crippen molar-refractivity contribution in [2.75, 3.05) is 0 Å². The lowest BCUT2D eigenvalue weighted by atomic mass is 10.1. The van der Waals surface area contributed by atoms with Crippen LogP contribution in [0, 0.1) is 0 Å². The SMILES string of the molecule is O=C(Cc1ccc(Cl)cc1Cl)c1ccoc1Br. The van der Waals surface area contributed by atoms with Crippen molar-refractivity contribution < 1.29 is 9.21 Å². The van der Waals surface area contributed by atoms with Gasteiger partial charge >= 0.3 is 0 Å². The number of carbonyl (C=O) groups excluding carboxylic acids is 1. The number of furan rings is 1. The fraction of sp³-hybridized carbons (Fsp3) is 0.0833. The van der Waals surface area contributed by atoms with E-state index in [-0.39, 0.29) is 12.2 Å². The van der Waals surface area contributed by atoms with Gasteiger partial charge in [-0.1, -0.05) is 29.3 Å². The standard InChI is InChI=1S/C12H7BrCl2O2/c13-12-9(3-4-17-12)11(16)5-7-1-2-8(14)6-10(7)15/h1-4,6H,5H2. The fourth-order valence-corrected chi connectivity index (χ4v) is 2.36. The van der Waals surface area contributed by atoms with Crippen molar-refractivity contribution in [3.05, 3.63) is 56.4 Å². The summed E-state index contributed by atoms with van der Waals surface area (Å²) in [4.78, 5) is 12.0. The number of hydrogen-bond acceptors (Lipinski definition) is 2. The Morgan fingerprint density at radius 2 is 2.06 bits per heavy atom. The van der Waals surface area contributed by atoms with Crippen LogP contribution in [0.4, 0.5) is 0 Å². The summed E-state index contributed by atoms with van der Waals surface area (Å²) in [6.07, 6.45) is 1.68. The first-order valence-electron chi connectivity index (χ1n) is 4.78. The van der Waals surface area contributed by atoms with Crippen LogP contribution in [0.15, 0.2) is 39.6 Å². The zero-order valence-electron chi connectivity index (χ0n) is 8.54. The fourth-order valence-electron chi connectivity index (χ4n) is 1.43. The molecule has 0 saturated carbocycles. The molecule has 0 saturated heterocycles. The van der Waals surface area contributed by atoms with Crippen molar-refractivity contribution >= 4 is 44.9 Å². The Labute approximate surface area is 117 Å². The Morgan fingerprint density at radius 1 is 1.29 bits per heavy atom. The lowest BCUT2D eigenvalue weighted by Crippen LogP contribution is -2.03. The van der Waals surface area contributed by atoms with Gasteiger partial charge in [0.05, 0.1) is 11.8 Å². The highest BCUT2D eigenvalue weighted by atomic mass is 79.9. The molecule has 0 bridgehead atoms. The first kappa shape index (κ1) is 12.7. The van der Waals surface area contributed by atoms with Gasteiger partial charge in [0.15, 0.2) is 10.5 Å². The van der Waals surface area contributed by atoms with Gasteiger partial charge in [-0.15, -0.1) is 0 Å². The van der Waals surface area contributed by atoms with E-state index in [9.17, 15) is 4.79 Å². The largest absolute Gasteiger partial charge is 0.457 e. The Morgan fingerprint density at radius 3 is 2.65 bits per heavy atom. The molecular weight excluding hydrogens is 327 g/mol. The highest BCUT2D eigenvalue weighted by Crippen LogP contribution is 2.24. The van der Waals surface area contributed by atoms with E-state index in [2.05, 4.69) is 15.9 Å². The molecule has 0 unspecified atom stereocenters. The minimum atomic E-state index is -0.0603. The van der Waals surface area contributed by atoms with Crippen molar-refractivity contribution in [1.29, 1.82) is 0 Å². The Hall–Kier alpha value is -0.770. The topological polar surface area (TPSA) is 30.2 Å². The number of ketones is 1. The molecule has 2 aromatic rings. The van der Waals surface area contributed by atoms with Crippen molar-refractivity contribution in [3.63, 3.8) is 0 Å². The van der Waals surface area contributed by atoms with E-state index in [4.69, 9.17) is 27.6 Å². The van der Waals surface area contributed by atoms with Crippen LogP contribution in [-0.4, -0.2) is 5.78 Å². The van der Waals surface area contributed by atoms with Crippen molar-refractivity contribution in [1.82, 2.24) is 0 Å². The predicted molar refractivity (Wildman–Crippen MR) is 70.9 cm³/mol. The van der Waals surface area contributed by atoms with Crippen LogP contribution in [0.25, 0.3) is 0 Å². The first-order valence-corrected chi connectivity index (χ1v) is 6.33. The lowest BCUT2D eigenvalue weighted by molar-refractivity contribution is 0.0991. The number of Topliss-reactive ketones (excluding diaryl/α,β-unsaturated/α-hetero) is 1. The van der Waals surface area contributed by atoms with Crippen LogP contribution < -0.4 is 0 Å². The molecule has 0 aliphatic rings. The molecule has 17 heavy (non-hydrogen) atoms. The van der Waals surface area contributed by atoms with Crippen molar-refractivity contribution in [2.24, 2.45) is 0 Å². The Balaban J connectivity index is 2.22. The van der Waals surface area contributed by atoms with Crippen molar-refractivity contribution in [2.45, 2.75) is 6.42 Å². The quantitative estimate of drug-likeness (QED) is 0.757. The average molecular weight is 334 g/mol. The molecule has 5 heteroatoms. The van der Waals surface area contributed by atoms with Gasteiger partial charge in [0, 0.05) is 16.5 Å². The normalized spacial score (nSPS) is 10.5. The molecule has 0 radical (unpaired) electrons. The second-order valence-corrected chi connectivity index (χ2v) is 5.01. The summed E-state index contributed by atoms with van der Waals surface area (Å²) >= 11 is 15.0. The maximum absolute atomic E-state index is 12.0. The number of halogens is 3. The van der Waals surface area contributed by atoms with Crippen molar-refractivity contribution in [3.8, 4) is 0 Å². The van der Waals surface area contributed by atoms with E-state index < -0.39 is 0 Å². The van der Waals surface area contributed by atoms with Crippen LogP contribution >= 0.6 is 39.1 Å². The molecule has 2 nitrogen and oxygen atoms in total. The molecule has 0 amide bonds. The highest BCUT2D eigenvalue weighted by Gasteiger charge is 2.14. The molecule has 1 heterocycles. The molecule has 1 aromatic heterocycles. The van der Waals surface area contributed by atoms with E-state index >= 15 is 0 Å². The maximum Gasteiger partial charge on any atom is 0.179 e. The minimum Gasteiger partial charge on any atom is -0.457 e. The van der Waals surface area contributed by atoms with Gasteiger partial charge in [-0.3, -0.25) is 4.79 Å². The van der Waals surface area contributed by atoms with E-state index in [1.165, 1.54) is 6.26 Å². The van der Waals surface area contributed by atoms with E-state index in [1.54, 1.807) is 24.3 Å². The van der Waals surface area contributed by atoms with Crippen LogP contribution in [0.5, 0.6) is 0 Å². The van der Waals surface area contributed by atoms with Gasteiger partial charge in [0.25, 0.3) is 0 Å². The van der Waals surface area contributed by atoms with E-state index in [1.807, 2.05) is 0 Å². The molecule has 0 aliphatic heterocycles. The lowest BCUT2D eigenvalue weighted by Gasteiger charge is -2.03. The number of rotatable bonds is 3. The predicted octanol–water partition coefficient (Wildman–Crippen LogP) is 4.77. The summed E-state index contributed by atoms with van der Waals surface area (Å²) in [5.41, 5.74) is 1.25. The third kappa shape index (κ3) is 2.92. The molecule has 2 rings (SSSR count). The minimum absolute atomic E-state index is 0.0603. The smallest absolute Gasteiger partial charge is 0.179 e. The van der Waals surface area contributed by atoms with Crippen LogP contribution in [0.1, 0.15) is 15.9 Å². The van der Waals surface area contributed by atoms with Crippen LogP contribution in [0.2, 0.25) is 10.0 Å². The average Bonchev–Trinajstić information content (AvgIpc) is 2.68. The third-order valence-electron chi connectivity index (χ3n) is 2.28. The Kier molecular flexibility index (Phi) is 3.92. The number of carbonyl (C=O) groups is 1. The van der Waals surface area contributed by atoms with Gasteiger partial charge in [0.1, 0.15) is 0 Å².